The van der Waals surface area contributed by atoms with Crippen molar-refractivity contribution < 1.29 is 4.79 Å². The number of aromatic nitrogens is 2. The monoisotopic (exact) mass is 488 g/mol. The molecule has 8 heteroatoms. The zero-order chi connectivity index (χ0) is 24.6. The fraction of sp³-hybridized carbons (Fsp3) is 0.370. The number of unbranched alkanes of at least 4 members (excludes halogenated alkanes) is 1. The minimum absolute atomic E-state index is 0.0317. The summed E-state index contributed by atoms with van der Waals surface area (Å²) < 4.78 is 2.30. The molecule has 0 aliphatic carbocycles. The van der Waals surface area contributed by atoms with Gasteiger partial charge in [0.25, 0.3) is 0 Å². The molecule has 1 saturated heterocycles. The number of anilines is 1. The number of hydrogen-bond acceptors (Lipinski definition) is 4. The van der Waals surface area contributed by atoms with Crippen LogP contribution in [-0.4, -0.2) is 40.6 Å². The van der Waals surface area contributed by atoms with Crippen molar-refractivity contribution in [3.05, 3.63) is 71.3 Å². The maximum atomic E-state index is 12.2. The van der Waals surface area contributed by atoms with Crippen molar-refractivity contribution >= 4 is 34.2 Å². The molecule has 0 bridgehead atoms. The second kappa shape index (κ2) is 9.27. The number of pyridine rings is 1. The van der Waals surface area contributed by atoms with Gasteiger partial charge >= 0.3 is 6.03 Å². The predicted octanol–water partition coefficient (Wildman–Crippen LogP) is 5.20. The molecule has 1 fully saturated rings. The Kier molecular flexibility index (Phi) is 6.16. The van der Waals surface area contributed by atoms with Crippen molar-refractivity contribution in [3.63, 3.8) is 0 Å². The van der Waals surface area contributed by atoms with Crippen molar-refractivity contribution in [1.29, 1.82) is 5.26 Å². The molecule has 5 rings (SSSR count). The first-order valence-electron chi connectivity index (χ1n) is 12.0. The molecular weight excluding hydrogens is 460 g/mol. The van der Waals surface area contributed by atoms with Gasteiger partial charge in [-0.3, -0.25) is 4.98 Å². The topological polar surface area (TPSA) is 77.2 Å². The zero-order valence-electron chi connectivity index (χ0n) is 19.9. The highest BCUT2D eigenvalue weighted by Gasteiger charge is 2.48. The highest BCUT2D eigenvalue weighted by atomic mass is 35.5. The van der Waals surface area contributed by atoms with E-state index in [1.807, 2.05) is 29.4 Å². The average Bonchev–Trinajstić information content (AvgIpc) is 3.32. The van der Waals surface area contributed by atoms with E-state index in [2.05, 4.69) is 50.6 Å². The number of fused-ring (bicyclic) bond motifs is 3. The minimum Gasteiger partial charge on any atom is -0.343 e. The van der Waals surface area contributed by atoms with Crippen LogP contribution in [0, 0.1) is 11.3 Å². The van der Waals surface area contributed by atoms with Crippen LogP contribution in [0.4, 0.5) is 10.5 Å². The summed E-state index contributed by atoms with van der Waals surface area (Å²) in [6.07, 6.45) is 6.74. The third-order valence-electron chi connectivity index (χ3n) is 7.54. The molecule has 0 radical (unpaired) electrons. The summed E-state index contributed by atoms with van der Waals surface area (Å²) in [7, 11) is 1.67. The Morgan fingerprint density at radius 1 is 1.29 bits per heavy atom. The Morgan fingerprint density at radius 2 is 2.09 bits per heavy atom. The first-order valence-corrected chi connectivity index (χ1v) is 12.4. The Bertz CT molecular complexity index is 1330. The summed E-state index contributed by atoms with van der Waals surface area (Å²) in [5.41, 5.74) is 5.44. The van der Waals surface area contributed by atoms with Gasteiger partial charge in [-0.05, 0) is 55.2 Å². The van der Waals surface area contributed by atoms with Crippen LogP contribution in [0.25, 0.3) is 10.9 Å². The summed E-state index contributed by atoms with van der Waals surface area (Å²) >= 11 is 6.29. The number of nitrogens with zero attached hydrogens (tertiary/aromatic N) is 5. The molecule has 7 nitrogen and oxygen atoms in total. The Labute approximate surface area is 210 Å². The molecule has 2 amide bonds. The second-order valence-electron chi connectivity index (χ2n) is 9.30. The van der Waals surface area contributed by atoms with Crippen LogP contribution in [0.15, 0.2) is 55.0 Å². The maximum Gasteiger partial charge on any atom is 0.317 e. The number of allylic oxidation sites excluding steroid dienone is 1. The zero-order valence-corrected chi connectivity index (χ0v) is 20.7. The van der Waals surface area contributed by atoms with E-state index in [-0.39, 0.29) is 11.4 Å². The fourth-order valence-electron chi connectivity index (χ4n) is 5.73. The lowest BCUT2D eigenvalue weighted by Gasteiger charge is -2.41. The molecule has 3 aromatic rings. The number of likely N-dealkylation sites (tertiary alicyclic amines) is 1. The number of nitriles is 1. The Hall–Kier alpha value is -3.50. The molecule has 1 spiro atoms. The Balaban J connectivity index is 1.50. The minimum atomic E-state index is -0.205. The number of benzene rings is 1. The second-order valence-corrected chi connectivity index (χ2v) is 9.74. The molecule has 1 N–H and O–H groups in total. The Morgan fingerprint density at radius 3 is 2.83 bits per heavy atom. The third kappa shape index (κ3) is 3.92. The first kappa shape index (κ1) is 23.3. The number of aryl methyl sites for hydroxylation is 1. The lowest BCUT2D eigenvalue weighted by atomic mass is 9.72. The maximum absolute atomic E-state index is 12.2. The number of urea groups is 1. The molecule has 2 aromatic heterocycles. The van der Waals surface area contributed by atoms with Crippen molar-refractivity contribution in [2.45, 2.75) is 44.2 Å². The molecule has 2 aliphatic heterocycles. The lowest BCUT2D eigenvalue weighted by Crippen LogP contribution is -2.48. The number of amides is 2. The summed E-state index contributed by atoms with van der Waals surface area (Å²) in [5.74, 6) is 0. The lowest BCUT2D eigenvalue weighted by molar-refractivity contribution is 0.170. The number of rotatable bonds is 5. The van der Waals surface area contributed by atoms with E-state index in [0.29, 0.717) is 31.1 Å². The highest BCUT2D eigenvalue weighted by molar-refractivity contribution is 6.31. The number of carbonyl (C=O) groups excluding carboxylic acids is 1. The SMILES string of the molecule is C=C1N(Cc2cc3cc(Cl)ccc3n2CCCC#N)c2cnccc2C12CCN(C(=O)NC)CC2. The predicted molar refractivity (Wildman–Crippen MR) is 138 cm³/mol. The van der Waals surface area contributed by atoms with Gasteiger partial charge in [-0.1, -0.05) is 18.2 Å². The van der Waals surface area contributed by atoms with Gasteiger partial charge in [0.1, 0.15) is 0 Å². The van der Waals surface area contributed by atoms with Crippen LogP contribution < -0.4 is 10.2 Å². The quantitative estimate of drug-likeness (QED) is 0.501. The summed E-state index contributed by atoms with van der Waals surface area (Å²) in [5, 5.41) is 13.6. The largest absolute Gasteiger partial charge is 0.343 e. The summed E-state index contributed by atoms with van der Waals surface area (Å²) in [4.78, 5) is 20.8. The van der Waals surface area contributed by atoms with E-state index >= 15 is 0 Å². The highest BCUT2D eigenvalue weighted by Crippen LogP contribution is 2.53. The molecule has 0 saturated carbocycles. The van der Waals surface area contributed by atoms with Gasteiger partial charge in [0, 0.05) is 72.0 Å². The molecule has 0 atom stereocenters. The third-order valence-corrected chi connectivity index (χ3v) is 7.78. The molecule has 180 valence electrons. The van der Waals surface area contributed by atoms with Crippen LogP contribution in [0.2, 0.25) is 5.02 Å². The van der Waals surface area contributed by atoms with E-state index < -0.39 is 0 Å². The molecule has 0 unspecified atom stereocenters. The standard InChI is InChI=1S/C27H29ClN6O/c1-19-27(8-13-32(14-9-27)26(35)30-2)23-7-11-31-17-25(23)34(19)18-22-16-20-15-21(28)5-6-24(20)33(22)12-4-3-10-29/h5-7,11,15-17H,1,3-4,8-9,12-14,18H2,2H3,(H,30,35). The van der Waals surface area contributed by atoms with Gasteiger partial charge in [-0.2, -0.15) is 5.26 Å². The van der Waals surface area contributed by atoms with Crippen LogP contribution >= 0.6 is 11.6 Å². The van der Waals surface area contributed by atoms with Gasteiger partial charge in [0.2, 0.25) is 0 Å². The van der Waals surface area contributed by atoms with E-state index in [1.54, 1.807) is 7.05 Å². The van der Waals surface area contributed by atoms with Crippen LogP contribution in [0.5, 0.6) is 0 Å². The molecular formula is C27H29ClN6O. The van der Waals surface area contributed by atoms with Crippen molar-refractivity contribution in [1.82, 2.24) is 19.8 Å². The van der Waals surface area contributed by atoms with Crippen LogP contribution in [0.3, 0.4) is 0 Å². The van der Waals surface area contributed by atoms with E-state index in [9.17, 15) is 4.79 Å². The van der Waals surface area contributed by atoms with Gasteiger partial charge in [-0.15, -0.1) is 0 Å². The molecule has 4 heterocycles. The van der Waals surface area contributed by atoms with E-state index in [0.717, 1.165) is 53.8 Å². The van der Waals surface area contributed by atoms with Crippen molar-refractivity contribution in [2.24, 2.45) is 0 Å². The fourth-order valence-corrected chi connectivity index (χ4v) is 5.91. The van der Waals surface area contributed by atoms with Gasteiger partial charge in [-0.25, -0.2) is 4.79 Å². The van der Waals surface area contributed by atoms with Gasteiger partial charge in [0.15, 0.2) is 0 Å². The summed E-state index contributed by atoms with van der Waals surface area (Å²) in [6, 6.07) is 12.5. The molecule has 2 aliphatic rings. The van der Waals surface area contributed by atoms with Crippen molar-refractivity contribution in [3.8, 4) is 6.07 Å². The van der Waals surface area contributed by atoms with Gasteiger partial charge < -0.3 is 19.7 Å². The number of nitrogens with one attached hydrogen (secondary N) is 1. The van der Waals surface area contributed by atoms with Crippen molar-refractivity contribution in [2.75, 3.05) is 25.0 Å². The summed E-state index contributed by atoms with van der Waals surface area (Å²) in [6.45, 7) is 7.37. The van der Waals surface area contributed by atoms with Gasteiger partial charge in [0.05, 0.1) is 24.5 Å². The number of halogens is 1. The number of carbonyl (C=O) groups is 1. The van der Waals surface area contributed by atoms with Crippen LogP contribution in [0.1, 0.15) is 36.9 Å². The van der Waals surface area contributed by atoms with E-state index in [1.165, 1.54) is 5.56 Å². The average molecular weight is 489 g/mol. The normalized spacial score (nSPS) is 16.5. The number of hydrogen-bond donors (Lipinski definition) is 1. The molecule has 1 aromatic carbocycles. The smallest absolute Gasteiger partial charge is 0.317 e. The van der Waals surface area contributed by atoms with E-state index in [4.69, 9.17) is 16.9 Å². The first-order chi connectivity index (χ1) is 17.0. The van der Waals surface area contributed by atoms with Crippen LogP contribution in [-0.2, 0) is 18.5 Å². The molecule has 35 heavy (non-hydrogen) atoms. The number of piperidine rings is 1.